The number of amides is 2. The maximum atomic E-state index is 12.3. The van der Waals surface area contributed by atoms with Crippen LogP contribution in [0.3, 0.4) is 0 Å². The number of ether oxygens (including phenoxy) is 2. The third-order valence-corrected chi connectivity index (χ3v) is 6.27. The van der Waals surface area contributed by atoms with Crippen molar-refractivity contribution in [2.45, 2.75) is 96.9 Å². The molecule has 2 amide bonds. The van der Waals surface area contributed by atoms with Gasteiger partial charge in [-0.2, -0.15) is 60.7 Å². The summed E-state index contributed by atoms with van der Waals surface area (Å²) >= 11 is 0. The van der Waals surface area contributed by atoms with Gasteiger partial charge in [0.25, 0.3) is 0 Å². The number of hydrogen-bond donors (Lipinski definition) is 0. The molecule has 0 saturated carbocycles. The summed E-state index contributed by atoms with van der Waals surface area (Å²) in [4.78, 5) is 28.1. The molecular formula is C31H46N4O4Y2-4. The number of likely N-dealkylation sites (tertiary alicyclic amines) is 2. The second-order valence-electron chi connectivity index (χ2n) is 11.7. The quantitative estimate of drug-likeness (QED) is 0.288. The van der Waals surface area contributed by atoms with Crippen LogP contribution in [0.15, 0.2) is 48.5 Å². The van der Waals surface area contributed by atoms with Gasteiger partial charge in [0, 0.05) is 90.6 Å². The van der Waals surface area contributed by atoms with Gasteiger partial charge in [0.15, 0.2) is 0 Å². The maximum Gasteiger partial charge on any atom is 0.410 e. The average Bonchev–Trinajstić information content (AvgIpc) is 3.34. The molecular weight excluding hydrogens is 670 g/mol. The van der Waals surface area contributed by atoms with Gasteiger partial charge in [0.2, 0.25) is 0 Å². The predicted octanol–water partition coefficient (Wildman–Crippen LogP) is 8.94. The zero-order chi connectivity index (χ0) is 27.1. The van der Waals surface area contributed by atoms with Gasteiger partial charge >= 0.3 is 12.2 Å². The molecule has 224 valence electrons. The molecule has 10 heteroatoms. The smallest absolute Gasteiger partial charge is 0.410 e. The van der Waals surface area contributed by atoms with Crippen LogP contribution in [0.25, 0.3) is 12.3 Å². The third kappa shape index (κ3) is 14.0. The van der Waals surface area contributed by atoms with Gasteiger partial charge in [-0.1, -0.05) is 0 Å². The van der Waals surface area contributed by atoms with E-state index >= 15 is 0 Å². The Balaban J connectivity index is 0. The first-order valence-electron chi connectivity index (χ1n) is 13.4. The number of hydrogen-bond acceptors (Lipinski definition) is 4. The van der Waals surface area contributed by atoms with Gasteiger partial charge < -0.3 is 31.6 Å². The summed E-state index contributed by atoms with van der Waals surface area (Å²) in [5.74, 6) is 0. The molecule has 8 nitrogen and oxygen atoms in total. The Bertz CT molecular complexity index is 1010. The fourth-order valence-corrected chi connectivity index (χ4v) is 4.71. The van der Waals surface area contributed by atoms with Crippen LogP contribution < -0.4 is 0 Å². The summed E-state index contributed by atoms with van der Waals surface area (Å²) in [6, 6.07) is 22.0. The van der Waals surface area contributed by atoms with Gasteiger partial charge in [-0.15, -0.1) is 11.1 Å². The van der Waals surface area contributed by atoms with Crippen LogP contribution in [-0.2, 0) is 74.9 Å². The summed E-state index contributed by atoms with van der Waals surface area (Å²) in [6.45, 7) is 13.0. The third-order valence-electron chi connectivity index (χ3n) is 6.27. The first kappa shape index (κ1) is 42.2. The summed E-state index contributed by atoms with van der Waals surface area (Å²) in [5.41, 5.74) is 1.46. The molecule has 2 atom stereocenters. The van der Waals surface area contributed by atoms with Crippen molar-refractivity contribution in [3.8, 4) is 0 Å². The van der Waals surface area contributed by atoms with Crippen molar-refractivity contribution in [3.63, 3.8) is 0 Å². The Kier molecular flexibility index (Phi) is 20.0. The number of benzene rings is 2. The molecule has 2 radical (unpaired) electrons. The van der Waals surface area contributed by atoms with Gasteiger partial charge in [-0.3, -0.25) is 0 Å². The van der Waals surface area contributed by atoms with Crippen molar-refractivity contribution in [1.82, 2.24) is 9.80 Å². The van der Waals surface area contributed by atoms with E-state index in [4.69, 9.17) is 9.47 Å². The van der Waals surface area contributed by atoms with E-state index in [0.717, 1.165) is 50.8 Å². The summed E-state index contributed by atoms with van der Waals surface area (Å²) < 4.78 is 11.0. The van der Waals surface area contributed by atoms with Crippen LogP contribution in [-0.4, -0.2) is 46.3 Å². The molecule has 4 N–H and O–H groups in total. The number of nitrogens with two attached hydrogens (primary N) is 2. The minimum atomic E-state index is -0.441. The molecule has 0 aliphatic carbocycles. The Labute approximate surface area is 298 Å². The van der Waals surface area contributed by atoms with Crippen LogP contribution >= 0.6 is 0 Å². The number of carbonyl (C=O) groups is 2. The molecule has 2 saturated heterocycles. The minimum Gasteiger partial charge on any atom is -0.693 e. The zero-order valence-corrected chi connectivity index (χ0v) is 31.2. The standard InChI is InChI=1S/C16H22NO2.C15H20NO2.2H2N.2Y/c1-16(2,3)19-15(18)17-12-8-7-11-14(17)13-9-5-4-6-10-13;1-15(2,3)18-14(17)16-11-7-10-13(16)12-8-5-4-6-9-12;;;;/h5-6,9-10,14H,7-8,11-12H2,1-3H3;5-6,8-9,13H,7,10-11H2,1-3H3;2*1H2;;/q4*-1;;. The van der Waals surface area contributed by atoms with Crippen LogP contribution in [0, 0.1) is 12.1 Å². The average molecular weight is 717 g/mol. The zero-order valence-electron chi connectivity index (χ0n) is 25.6. The number of nitrogens with zero attached hydrogens (tertiary/aromatic N) is 2. The van der Waals surface area contributed by atoms with E-state index in [-0.39, 0.29) is 102 Å². The van der Waals surface area contributed by atoms with Crippen molar-refractivity contribution in [2.24, 2.45) is 0 Å². The van der Waals surface area contributed by atoms with Crippen LogP contribution in [0.4, 0.5) is 9.59 Å². The van der Waals surface area contributed by atoms with E-state index in [1.54, 1.807) is 0 Å². The molecule has 2 aliphatic rings. The van der Waals surface area contributed by atoms with E-state index < -0.39 is 11.2 Å². The minimum absolute atomic E-state index is 0. The molecule has 2 aromatic carbocycles. The molecule has 0 bridgehead atoms. The fraction of sp³-hybridized carbons (Fsp3) is 0.548. The van der Waals surface area contributed by atoms with E-state index in [9.17, 15) is 9.59 Å². The number of rotatable bonds is 2. The molecule has 2 fully saturated rings. The van der Waals surface area contributed by atoms with Crippen molar-refractivity contribution in [3.05, 3.63) is 84.1 Å². The van der Waals surface area contributed by atoms with Crippen molar-refractivity contribution >= 4 is 12.2 Å². The van der Waals surface area contributed by atoms with E-state index in [1.165, 1.54) is 5.56 Å². The number of piperidine rings is 1. The predicted molar refractivity (Wildman–Crippen MR) is 156 cm³/mol. The summed E-state index contributed by atoms with van der Waals surface area (Å²) in [7, 11) is 0. The van der Waals surface area contributed by atoms with Gasteiger partial charge in [0.05, 0.1) is 0 Å². The summed E-state index contributed by atoms with van der Waals surface area (Å²) in [5, 5.41) is 0. The SMILES string of the molecule is CC(C)(C)OC(=O)N1CCCC1c1cc[c-]cc1.CC(C)(C)OC(=O)N1CCCCC1c1cc[c-]cc1.[NH2-].[NH2-].[Y].[Y]. The molecule has 4 rings (SSSR count). The summed E-state index contributed by atoms with van der Waals surface area (Å²) in [6.07, 6.45) is 4.83. The number of carbonyl (C=O) groups excluding carboxylic acids is 2. The molecule has 2 aromatic rings. The fourth-order valence-electron chi connectivity index (χ4n) is 4.71. The molecule has 2 unspecified atom stereocenters. The maximum absolute atomic E-state index is 12.3. The molecule has 0 aromatic heterocycles. The van der Waals surface area contributed by atoms with Gasteiger partial charge in [-0.25, -0.2) is 9.59 Å². The normalized spacial score (nSPS) is 18.1. The Morgan fingerprint density at radius 1 is 0.659 bits per heavy atom. The van der Waals surface area contributed by atoms with Crippen molar-refractivity contribution in [2.75, 3.05) is 13.1 Å². The van der Waals surface area contributed by atoms with Crippen molar-refractivity contribution in [1.29, 1.82) is 0 Å². The van der Waals surface area contributed by atoms with Crippen molar-refractivity contribution < 1.29 is 84.5 Å². The van der Waals surface area contributed by atoms with Gasteiger partial charge in [0.1, 0.15) is 11.2 Å². The van der Waals surface area contributed by atoms with E-state index in [2.05, 4.69) is 12.1 Å². The van der Waals surface area contributed by atoms with Crippen LogP contribution in [0.1, 0.15) is 96.9 Å². The second kappa shape index (κ2) is 19.4. The second-order valence-corrected chi connectivity index (χ2v) is 11.7. The Morgan fingerprint density at radius 3 is 1.37 bits per heavy atom. The first-order chi connectivity index (χ1) is 17.4. The van der Waals surface area contributed by atoms with Crippen LogP contribution in [0.2, 0.25) is 0 Å². The van der Waals surface area contributed by atoms with Gasteiger partial charge in [-0.05, 0) is 73.6 Å². The Morgan fingerprint density at radius 2 is 1.00 bits per heavy atom. The molecule has 41 heavy (non-hydrogen) atoms. The topological polar surface area (TPSA) is 126 Å². The van der Waals surface area contributed by atoms with E-state index in [0.29, 0.717) is 0 Å². The monoisotopic (exact) mass is 716 g/mol. The molecule has 2 heterocycles. The van der Waals surface area contributed by atoms with Crippen LogP contribution in [0.5, 0.6) is 0 Å². The largest absolute Gasteiger partial charge is 0.693 e. The molecule has 0 spiro atoms. The molecule has 2 aliphatic heterocycles. The first-order valence-corrected chi connectivity index (χ1v) is 13.4. The van der Waals surface area contributed by atoms with E-state index in [1.807, 2.05) is 99.9 Å². The Hall–Kier alpha value is -0.892.